The zero-order valence-electron chi connectivity index (χ0n) is 10.9. The topological polar surface area (TPSA) is 3.24 Å². The van der Waals surface area contributed by atoms with E-state index in [1.165, 1.54) is 38.6 Å². The van der Waals surface area contributed by atoms with E-state index in [9.17, 15) is 0 Å². The molecule has 0 spiro atoms. The molecular weight excluding hydrogens is 182 g/mol. The molecule has 1 heteroatoms. The summed E-state index contributed by atoms with van der Waals surface area (Å²) in [6.45, 7) is 11.0. The predicted octanol–water partition coefficient (Wildman–Crippen LogP) is 3.69. The normalized spacial score (nSPS) is 30.8. The Kier molecular flexibility index (Phi) is 3.12. The van der Waals surface area contributed by atoms with Crippen LogP contribution < -0.4 is 0 Å². The Bertz CT molecular complexity index is 212. The summed E-state index contributed by atoms with van der Waals surface area (Å²) in [5.41, 5.74) is 0.497. The molecular formula is C14H27N. The van der Waals surface area contributed by atoms with Gasteiger partial charge >= 0.3 is 0 Å². The van der Waals surface area contributed by atoms with Gasteiger partial charge in [0, 0.05) is 12.1 Å². The molecule has 1 heterocycles. The lowest BCUT2D eigenvalue weighted by Crippen LogP contribution is -2.40. The van der Waals surface area contributed by atoms with Crippen molar-refractivity contribution in [3.05, 3.63) is 0 Å². The van der Waals surface area contributed by atoms with E-state index in [0.717, 1.165) is 18.0 Å². The van der Waals surface area contributed by atoms with Gasteiger partial charge in [-0.1, -0.05) is 20.8 Å². The number of likely N-dealkylation sites (tertiary alicyclic amines) is 1. The Labute approximate surface area is 95.2 Å². The van der Waals surface area contributed by atoms with Gasteiger partial charge in [0.25, 0.3) is 0 Å². The number of hydrogen-bond donors (Lipinski definition) is 0. The average Bonchev–Trinajstić information content (AvgIpc) is 2.85. The summed E-state index contributed by atoms with van der Waals surface area (Å²) in [5.74, 6) is 1.03. The van der Waals surface area contributed by atoms with E-state index in [0.29, 0.717) is 5.41 Å². The zero-order chi connectivity index (χ0) is 11.1. The van der Waals surface area contributed by atoms with Crippen molar-refractivity contribution in [2.45, 2.75) is 71.9 Å². The maximum absolute atomic E-state index is 2.81. The van der Waals surface area contributed by atoms with Crippen LogP contribution in [-0.4, -0.2) is 23.5 Å². The van der Waals surface area contributed by atoms with Gasteiger partial charge in [-0.15, -0.1) is 0 Å². The van der Waals surface area contributed by atoms with Gasteiger partial charge in [0.1, 0.15) is 0 Å². The highest BCUT2D eigenvalue weighted by Gasteiger charge is 2.38. The Morgan fingerprint density at radius 2 is 1.87 bits per heavy atom. The molecule has 1 saturated heterocycles. The lowest BCUT2D eigenvalue weighted by Gasteiger charge is -2.34. The minimum atomic E-state index is 0.497. The first-order valence-corrected chi connectivity index (χ1v) is 6.73. The number of rotatable bonds is 3. The van der Waals surface area contributed by atoms with Crippen LogP contribution in [0, 0.1) is 11.3 Å². The van der Waals surface area contributed by atoms with E-state index in [1.54, 1.807) is 0 Å². The summed E-state index contributed by atoms with van der Waals surface area (Å²) in [6, 6.07) is 1.74. The smallest absolute Gasteiger partial charge is 0.0104 e. The molecule has 1 unspecified atom stereocenters. The summed E-state index contributed by atoms with van der Waals surface area (Å²) in [4.78, 5) is 2.81. The molecule has 2 aliphatic rings. The molecule has 1 saturated carbocycles. The minimum absolute atomic E-state index is 0.497. The molecule has 0 N–H and O–H groups in total. The van der Waals surface area contributed by atoms with Gasteiger partial charge in [0.05, 0.1) is 0 Å². The highest BCUT2D eigenvalue weighted by Crippen LogP contribution is 2.39. The monoisotopic (exact) mass is 209 g/mol. The minimum Gasteiger partial charge on any atom is -0.297 e. The molecule has 0 aromatic rings. The third-order valence-corrected chi connectivity index (χ3v) is 4.10. The van der Waals surface area contributed by atoms with Crippen molar-refractivity contribution in [2.24, 2.45) is 11.3 Å². The first-order valence-electron chi connectivity index (χ1n) is 6.73. The molecule has 1 aliphatic heterocycles. The van der Waals surface area contributed by atoms with Gasteiger partial charge in [0.2, 0.25) is 0 Å². The summed E-state index contributed by atoms with van der Waals surface area (Å²) >= 11 is 0. The van der Waals surface area contributed by atoms with Crippen LogP contribution in [0.3, 0.4) is 0 Å². The zero-order valence-corrected chi connectivity index (χ0v) is 10.9. The molecule has 0 aromatic carbocycles. The summed E-state index contributed by atoms with van der Waals surface area (Å²) in [5, 5.41) is 0. The van der Waals surface area contributed by atoms with Gasteiger partial charge in [-0.2, -0.15) is 0 Å². The van der Waals surface area contributed by atoms with Crippen molar-refractivity contribution in [3.8, 4) is 0 Å². The van der Waals surface area contributed by atoms with Crippen LogP contribution in [0.15, 0.2) is 0 Å². The molecule has 0 aromatic heterocycles. The second kappa shape index (κ2) is 4.08. The van der Waals surface area contributed by atoms with Gasteiger partial charge in [-0.05, 0) is 56.9 Å². The van der Waals surface area contributed by atoms with Crippen molar-refractivity contribution in [3.63, 3.8) is 0 Å². The largest absolute Gasteiger partial charge is 0.297 e. The highest BCUT2D eigenvalue weighted by atomic mass is 15.2. The van der Waals surface area contributed by atoms with Crippen LogP contribution in [0.5, 0.6) is 0 Å². The second-order valence-electron chi connectivity index (χ2n) is 6.88. The highest BCUT2D eigenvalue weighted by molar-refractivity contribution is 4.92. The van der Waals surface area contributed by atoms with Gasteiger partial charge in [-0.25, -0.2) is 0 Å². The molecule has 0 amide bonds. The maximum Gasteiger partial charge on any atom is 0.0104 e. The molecule has 15 heavy (non-hydrogen) atoms. The van der Waals surface area contributed by atoms with E-state index >= 15 is 0 Å². The van der Waals surface area contributed by atoms with Crippen LogP contribution in [-0.2, 0) is 0 Å². The SMILES string of the molecule is CC(C1CC1)N1CCC[C@H]1CC(C)(C)C. The van der Waals surface area contributed by atoms with E-state index in [4.69, 9.17) is 0 Å². The van der Waals surface area contributed by atoms with Crippen LogP contribution >= 0.6 is 0 Å². The van der Waals surface area contributed by atoms with Crippen LogP contribution in [0.4, 0.5) is 0 Å². The van der Waals surface area contributed by atoms with E-state index < -0.39 is 0 Å². The standard InChI is InChI=1S/C14H27N/c1-11(12-7-8-12)15-9-5-6-13(15)10-14(2,3)4/h11-13H,5-10H2,1-4H3/t11?,13-/m0/s1. The van der Waals surface area contributed by atoms with Gasteiger partial charge in [0.15, 0.2) is 0 Å². The predicted molar refractivity (Wildman–Crippen MR) is 66.0 cm³/mol. The molecule has 0 bridgehead atoms. The third kappa shape index (κ3) is 2.96. The van der Waals surface area contributed by atoms with Crippen LogP contribution in [0.25, 0.3) is 0 Å². The average molecular weight is 209 g/mol. The van der Waals surface area contributed by atoms with Crippen molar-refractivity contribution in [1.29, 1.82) is 0 Å². The molecule has 2 rings (SSSR count). The number of hydrogen-bond acceptors (Lipinski definition) is 1. The molecule has 88 valence electrons. The Hall–Kier alpha value is -0.0400. The van der Waals surface area contributed by atoms with Crippen molar-refractivity contribution in [2.75, 3.05) is 6.54 Å². The van der Waals surface area contributed by atoms with E-state index in [-0.39, 0.29) is 0 Å². The van der Waals surface area contributed by atoms with Crippen molar-refractivity contribution in [1.82, 2.24) is 4.90 Å². The van der Waals surface area contributed by atoms with Crippen molar-refractivity contribution < 1.29 is 0 Å². The molecule has 1 aliphatic carbocycles. The quantitative estimate of drug-likeness (QED) is 0.685. The second-order valence-corrected chi connectivity index (χ2v) is 6.88. The van der Waals surface area contributed by atoms with Crippen molar-refractivity contribution >= 4 is 0 Å². The summed E-state index contributed by atoms with van der Waals surface area (Å²) < 4.78 is 0. The van der Waals surface area contributed by atoms with E-state index in [2.05, 4.69) is 32.6 Å². The number of nitrogens with zero attached hydrogens (tertiary/aromatic N) is 1. The maximum atomic E-state index is 2.81. The summed E-state index contributed by atoms with van der Waals surface area (Å²) in [6.07, 6.45) is 7.22. The third-order valence-electron chi connectivity index (χ3n) is 4.10. The Morgan fingerprint density at radius 1 is 1.20 bits per heavy atom. The fourth-order valence-electron chi connectivity index (χ4n) is 3.17. The van der Waals surface area contributed by atoms with Crippen LogP contribution in [0.1, 0.15) is 59.8 Å². The van der Waals surface area contributed by atoms with Crippen LogP contribution in [0.2, 0.25) is 0 Å². The first-order chi connectivity index (χ1) is 6.97. The van der Waals surface area contributed by atoms with Gasteiger partial charge in [-0.3, -0.25) is 4.90 Å². The first kappa shape index (κ1) is 11.4. The van der Waals surface area contributed by atoms with Gasteiger partial charge < -0.3 is 0 Å². The summed E-state index contributed by atoms with van der Waals surface area (Å²) in [7, 11) is 0. The van der Waals surface area contributed by atoms with E-state index in [1.807, 2.05) is 0 Å². The lowest BCUT2D eigenvalue weighted by molar-refractivity contribution is 0.136. The molecule has 2 atom stereocenters. The Morgan fingerprint density at radius 3 is 2.40 bits per heavy atom. The fraction of sp³-hybridized carbons (Fsp3) is 1.00. The fourth-order valence-corrected chi connectivity index (χ4v) is 3.17. The molecule has 2 fully saturated rings. The molecule has 0 radical (unpaired) electrons. The molecule has 1 nitrogen and oxygen atoms in total. The Balaban J connectivity index is 1.92. The lowest BCUT2D eigenvalue weighted by atomic mass is 9.87.